The van der Waals surface area contributed by atoms with E-state index in [0.717, 1.165) is 55.3 Å². The zero-order valence-corrected chi connectivity index (χ0v) is 22.2. The molecule has 0 saturated carbocycles. The van der Waals surface area contributed by atoms with E-state index in [2.05, 4.69) is 118 Å². The van der Waals surface area contributed by atoms with Gasteiger partial charge < -0.3 is 9.72 Å². The maximum absolute atomic E-state index is 7.40. The fraction of sp³-hybridized carbons (Fsp3) is 0.0588. The zero-order valence-electron chi connectivity index (χ0n) is 21.4. The van der Waals surface area contributed by atoms with Crippen LogP contribution < -0.4 is 4.74 Å². The minimum absolute atomic E-state index is 0.814. The Bertz CT molecular complexity index is 1900. The number of nitrogens with zero attached hydrogens (tertiary/aromatic N) is 2. The third-order valence-electron chi connectivity index (χ3n) is 8.01. The lowest BCUT2D eigenvalue weighted by Crippen LogP contribution is -2.52. The lowest BCUT2D eigenvalue weighted by Gasteiger charge is -2.43. The average Bonchev–Trinajstić information content (AvgIpc) is 3.83. The molecular formula is C34H24N4OS. The van der Waals surface area contributed by atoms with Crippen molar-refractivity contribution in [3.63, 3.8) is 0 Å². The quantitative estimate of drug-likeness (QED) is 0.237. The molecule has 1 aliphatic rings. The van der Waals surface area contributed by atoms with E-state index < -0.39 is 11.0 Å². The first-order valence-electron chi connectivity index (χ1n) is 13.2. The van der Waals surface area contributed by atoms with Crippen molar-refractivity contribution in [2.75, 3.05) is 0 Å². The summed E-state index contributed by atoms with van der Waals surface area (Å²) in [4.78, 5) is 9.90. The smallest absolute Gasteiger partial charge is 0.203 e. The van der Waals surface area contributed by atoms with Gasteiger partial charge in [-0.1, -0.05) is 72.8 Å². The molecule has 0 spiro atoms. The largest absolute Gasteiger partial charge is 0.473 e. The van der Waals surface area contributed by atoms with Crippen molar-refractivity contribution in [2.45, 2.75) is 11.0 Å². The van der Waals surface area contributed by atoms with E-state index in [1.165, 1.54) is 0 Å². The number of rotatable bonds is 5. The van der Waals surface area contributed by atoms with Crippen molar-refractivity contribution < 1.29 is 4.74 Å². The van der Waals surface area contributed by atoms with Crippen molar-refractivity contribution in [3.8, 4) is 16.9 Å². The van der Waals surface area contributed by atoms with Gasteiger partial charge in [0.25, 0.3) is 0 Å². The second-order valence-corrected chi connectivity index (χ2v) is 11.0. The normalized spacial score (nSPS) is 19.9. The summed E-state index contributed by atoms with van der Waals surface area (Å²) >= 11 is 1.68. The Labute approximate surface area is 235 Å². The number of aromatic nitrogens is 4. The highest BCUT2D eigenvalue weighted by molar-refractivity contribution is 7.10. The molecule has 5 nitrogen and oxygen atoms in total. The molecule has 0 radical (unpaired) electrons. The van der Waals surface area contributed by atoms with Gasteiger partial charge in [-0.3, -0.25) is 10.1 Å². The summed E-state index contributed by atoms with van der Waals surface area (Å²) in [6, 6.07) is 39.8. The fourth-order valence-corrected chi connectivity index (χ4v) is 7.40. The lowest BCUT2D eigenvalue weighted by atomic mass is 9.61. The zero-order chi connectivity index (χ0) is 26.6. The number of pyridine rings is 1. The Kier molecular flexibility index (Phi) is 5.06. The van der Waals surface area contributed by atoms with Crippen molar-refractivity contribution >= 4 is 22.2 Å². The molecule has 2 atom stereocenters. The van der Waals surface area contributed by atoms with E-state index in [-0.39, 0.29) is 0 Å². The SMILES string of the molecule is c1ccc(-c2cccc3c2C(c2ccccn2)(c2ccn[nH]2)C(c2cc4ccccc4[nH]2)(c2cccs2)O3)cc1. The van der Waals surface area contributed by atoms with Gasteiger partial charge in [0, 0.05) is 23.5 Å². The molecule has 0 aliphatic carbocycles. The number of thiophene rings is 1. The molecule has 40 heavy (non-hydrogen) atoms. The second-order valence-electron chi connectivity index (χ2n) is 10.0. The van der Waals surface area contributed by atoms with Crippen LogP contribution in [-0.4, -0.2) is 20.2 Å². The molecule has 192 valence electrons. The summed E-state index contributed by atoms with van der Waals surface area (Å²) in [5.74, 6) is 0.814. The second kappa shape index (κ2) is 8.79. The monoisotopic (exact) mass is 536 g/mol. The van der Waals surface area contributed by atoms with E-state index >= 15 is 0 Å². The van der Waals surface area contributed by atoms with Gasteiger partial charge in [0.05, 0.1) is 22.0 Å². The molecule has 3 aromatic carbocycles. The Morgan fingerprint density at radius 2 is 1.60 bits per heavy atom. The van der Waals surface area contributed by atoms with Gasteiger partial charge in [0.1, 0.15) is 11.2 Å². The number of benzene rings is 3. The lowest BCUT2D eigenvalue weighted by molar-refractivity contribution is 0.0873. The molecule has 0 bridgehead atoms. The molecule has 5 heterocycles. The highest BCUT2D eigenvalue weighted by Crippen LogP contribution is 2.65. The van der Waals surface area contributed by atoms with E-state index in [1.807, 2.05) is 30.6 Å². The van der Waals surface area contributed by atoms with Gasteiger partial charge >= 0.3 is 0 Å². The number of hydrogen-bond acceptors (Lipinski definition) is 4. The van der Waals surface area contributed by atoms with Crippen molar-refractivity contribution in [2.24, 2.45) is 0 Å². The highest BCUT2D eigenvalue weighted by Gasteiger charge is 2.67. The molecule has 4 aromatic heterocycles. The molecule has 0 saturated heterocycles. The first-order valence-corrected chi connectivity index (χ1v) is 14.1. The van der Waals surface area contributed by atoms with Crippen LogP contribution in [0.5, 0.6) is 5.75 Å². The molecule has 6 heteroatoms. The summed E-state index contributed by atoms with van der Waals surface area (Å²) in [5.41, 5.74) is 5.09. The predicted molar refractivity (Wildman–Crippen MR) is 159 cm³/mol. The molecule has 7 aromatic rings. The molecule has 0 amide bonds. The first kappa shape index (κ1) is 23.0. The minimum Gasteiger partial charge on any atom is -0.473 e. The van der Waals surface area contributed by atoms with Crippen LogP contribution in [0.15, 0.2) is 133 Å². The number of fused-ring (bicyclic) bond motifs is 2. The molecule has 2 N–H and O–H groups in total. The van der Waals surface area contributed by atoms with Crippen LogP contribution in [0.4, 0.5) is 0 Å². The van der Waals surface area contributed by atoms with Crippen LogP contribution in [0.25, 0.3) is 22.0 Å². The van der Waals surface area contributed by atoms with E-state index in [4.69, 9.17) is 9.72 Å². The number of hydrogen-bond donors (Lipinski definition) is 2. The number of para-hydroxylation sites is 1. The van der Waals surface area contributed by atoms with Crippen LogP contribution in [0.2, 0.25) is 0 Å². The Morgan fingerprint density at radius 1 is 0.725 bits per heavy atom. The Hall–Kier alpha value is -4.94. The average molecular weight is 537 g/mol. The molecular weight excluding hydrogens is 512 g/mol. The standard InChI is InChI=1S/C34H24N4OS/c1-2-10-23(11-3-1)25-13-8-15-27-32(25)33(29-18-20-36-38-29,28-16-6-7-19-35-28)34(39-27,31-17-9-21-40-31)30-22-24-12-4-5-14-26(24)37-30/h1-22,37H,(H,36,38). The Morgan fingerprint density at radius 3 is 2.38 bits per heavy atom. The Balaban J connectivity index is 1.60. The number of aromatic amines is 2. The van der Waals surface area contributed by atoms with E-state index in [9.17, 15) is 0 Å². The van der Waals surface area contributed by atoms with Crippen LogP contribution in [0.3, 0.4) is 0 Å². The van der Waals surface area contributed by atoms with Gasteiger partial charge in [-0.05, 0) is 64.4 Å². The molecule has 0 fully saturated rings. The van der Waals surface area contributed by atoms with Crippen LogP contribution in [-0.2, 0) is 11.0 Å². The van der Waals surface area contributed by atoms with Crippen molar-refractivity contribution in [1.29, 1.82) is 0 Å². The number of ether oxygens (including phenoxy) is 1. The summed E-state index contributed by atoms with van der Waals surface area (Å²) < 4.78 is 7.40. The van der Waals surface area contributed by atoms with Gasteiger partial charge in [0.2, 0.25) is 5.60 Å². The molecule has 2 unspecified atom stereocenters. The van der Waals surface area contributed by atoms with E-state index in [1.54, 1.807) is 11.3 Å². The van der Waals surface area contributed by atoms with Gasteiger partial charge in [-0.2, -0.15) is 5.10 Å². The van der Waals surface area contributed by atoms with Crippen molar-refractivity contribution in [3.05, 3.63) is 161 Å². The van der Waals surface area contributed by atoms with Gasteiger partial charge in [-0.25, -0.2) is 0 Å². The molecule has 8 rings (SSSR count). The maximum Gasteiger partial charge on any atom is 0.203 e. The van der Waals surface area contributed by atoms with Gasteiger partial charge in [-0.15, -0.1) is 11.3 Å². The van der Waals surface area contributed by atoms with Crippen LogP contribution in [0, 0.1) is 0 Å². The topological polar surface area (TPSA) is 66.6 Å². The summed E-state index contributed by atoms with van der Waals surface area (Å²) in [5, 5.41) is 11.1. The number of nitrogens with one attached hydrogen (secondary N) is 2. The summed E-state index contributed by atoms with van der Waals surface area (Å²) in [6.45, 7) is 0. The molecule has 1 aliphatic heterocycles. The first-order chi connectivity index (χ1) is 19.8. The predicted octanol–water partition coefficient (Wildman–Crippen LogP) is 7.69. The third kappa shape index (κ3) is 3.02. The van der Waals surface area contributed by atoms with Crippen molar-refractivity contribution in [1.82, 2.24) is 20.2 Å². The third-order valence-corrected chi connectivity index (χ3v) is 8.98. The van der Waals surface area contributed by atoms with E-state index in [0.29, 0.717) is 0 Å². The van der Waals surface area contributed by atoms with Gasteiger partial charge in [0.15, 0.2) is 0 Å². The number of H-pyrrole nitrogens is 2. The van der Waals surface area contributed by atoms with Crippen LogP contribution >= 0.6 is 11.3 Å². The fourth-order valence-electron chi connectivity index (χ4n) is 6.47. The maximum atomic E-state index is 7.40. The highest BCUT2D eigenvalue weighted by atomic mass is 32.1. The summed E-state index contributed by atoms with van der Waals surface area (Å²) in [6.07, 6.45) is 3.68. The minimum atomic E-state index is -1.02. The van der Waals surface area contributed by atoms with Crippen LogP contribution in [0.1, 0.15) is 27.5 Å². The summed E-state index contributed by atoms with van der Waals surface area (Å²) in [7, 11) is 0.